The van der Waals surface area contributed by atoms with Crippen LogP contribution in [-0.4, -0.2) is 54.5 Å². The lowest BCUT2D eigenvalue weighted by molar-refractivity contribution is -0.147. The first-order valence-electron chi connectivity index (χ1n) is 9.14. The van der Waals surface area contributed by atoms with Gasteiger partial charge in [-0.25, -0.2) is 14.3 Å². The monoisotopic (exact) mass is 403 g/mol. The van der Waals surface area contributed by atoms with Gasteiger partial charge in [-0.05, 0) is 18.1 Å². The summed E-state index contributed by atoms with van der Waals surface area (Å²) in [6.45, 7) is 3.14. The van der Waals surface area contributed by atoms with Crippen LogP contribution < -0.4 is 10.1 Å². The molecule has 156 valence electrons. The van der Waals surface area contributed by atoms with Crippen molar-refractivity contribution in [1.82, 2.24) is 15.1 Å². The summed E-state index contributed by atoms with van der Waals surface area (Å²) in [5.41, 5.74) is 0.674. The molecule has 1 aromatic heterocycles. The minimum atomic E-state index is -0.817. The highest BCUT2D eigenvalue weighted by atomic mass is 16.5. The maximum atomic E-state index is 12.4. The number of hydrogen-bond donors (Lipinski definition) is 1. The standard InChI is InChI=1S/C20H25N3O6/c1-5-13(2)17(19(25)28-4)21-16(24)12-29-20(26)18-15(27-3)11-23(22-18)14-9-7-6-8-10-14/h6-11,13,17H,5,12H2,1-4H3,(H,21,24)/t13-,17+/m0/s1. The number of methoxy groups -OCH3 is 2. The summed E-state index contributed by atoms with van der Waals surface area (Å²) >= 11 is 0. The van der Waals surface area contributed by atoms with Gasteiger partial charge in [0.05, 0.1) is 26.1 Å². The van der Waals surface area contributed by atoms with Crippen molar-refractivity contribution in [3.05, 3.63) is 42.2 Å². The molecule has 29 heavy (non-hydrogen) atoms. The van der Waals surface area contributed by atoms with Gasteiger partial charge < -0.3 is 19.5 Å². The highest BCUT2D eigenvalue weighted by Gasteiger charge is 2.27. The fraction of sp³-hybridized carbons (Fsp3) is 0.400. The Labute approximate surface area is 168 Å². The van der Waals surface area contributed by atoms with Crippen LogP contribution in [0.1, 0.15) is 30.8 Å². The van der Waals surface area contributed by atoms with Crippen LogP contribution in [0.3, 0.4) is 0 Å². The van der Waals surface area contributed by atoms with Crippen LogP contribution in [0.25, 0.3) is 5.69 Å². The Morgan fingerprint density at radius 2 is 1.86 bits per heavy atom. The van der Waals surface area contributed by atoms with Gasteiger partial charge in [-0.3, -0.25) is 4.79 Å². The molecule has 1 heterocycles. The average Bonchev–Trinajstić information content (AvgIpc) is 3.20. The summed E-state index contributed by atoms with van der Waals surface area (Å²) in [6.07, 6.45) is 2.20. The second-order valence-corrected chi connectivity index (χ2v) is 6.36. The number of hydrogen-bond acceptors (Lipinski definition) is 7. The molecule has 0 bridgehead atoms. The summed E-state index contributed by atoms with van der Waals surface area (Å²) in [5, 5.41) is 6.72. The third-order valence-electron chi connectivity index (χ3n) is 4.43. The van der Waals surface area contributed by atoms with Crippen LogP contribution in [0.5, 0.6) is 5.75 Å². The van der Waals surface area contributed by atoms with Crippen molar-refractivity contribution in [2.75, 3.05) is 20.8 Å². The minimum Gasteiger partial charge on any atom is -0.493 e. The highest BCUT2D eigenvalue weighted by Crippen LogP contribution is 2.20. The van der Waals surface area contributed by atoms with E-state index in [1.54, 1.807) is 6.20 Å². The molecule has 0 unspecified atom stereocenters. The van der Waals surface area contributed by atoms with E-state index < -0.39 is 30.5 Å². The van der Waals surface area contributed by atoms with Crippen LogP contribution in [-0.2, 0) is 19.1 Å². The van der Waals surface area contributed by atoms with Gasteiger partial charge in [-0.2, -0.15) is 5.10 Å². The van der Waals surface area contributed by atoms with Crippen LogP contribution >= 0.6 is 0 Å². The molecule has 0 saturated carbocycles. The molecule has 2 rings (SSSR count). The van der Waals surface area contributed by atoms with Gasteiger partial charge in [0.2, 0.25) is 5.69 Å². The number of ether oxygens (including phenoxy) is 3. The first kappa shape index (κ1) is 21.9. The van der Waals surface area contributed by atoms with Crippen molar-refractivity contribution in [1.29, 1.82) is 0 Å². The van der Waals surface area contributed by atoms with Crippen molar-refractivity contribution in [3.8, 4) is 11.4 Å². The molecule has 1 N–H and O–H groups in total. The van der Waals surface area contributed by atoms with Crippen LogP contribution in [0.4, 0.5) is 0 Å². The molecule has 2 atom stereocenters. The molecule has 2 aromatic rings. The second kappa shape index (κ2) is 10.3. The lowest BCUT2D eigenvalue weighted by Crippen LogP contribution is -2.47. The van der Waals surface area contributed by atoms with Gasteiger partial charge in [-0.1, -0.05) is 38.5 Å². The Kier molecular flexibility index (Phi) is 7.76. The molecule has 0 fully saturated rings. The Hall–Kier alpha value is -3.36. The average molecular weight is 403 g/mol. The van der Waals surface area contributed by atoms with Crippen molar-refractivity contribution in [3.63, 3.8) is 0 Å². The maximum absolute atomic E-state index is 12.4. The predicted octanol–water partition coefficient (Wildman–Crippen LogP) is 1.74. The number of esters is 2. The fourth-order valence-electron chi connectivity index (χ4n) is 2.57. The van der Waals surface area contributed by atoms with E-state index >= 15 is 0 Å². The number of carbonyl (C=O) groups excluding carboxylic acids is 3. The summed E-state index contributed by atoms with van der Waals surface area (Å²) in [4.78, 5) is 36.4. The topological polar surface area (TPSA) is 109 Å². The first-order valence-corrected chi connectivity index (χ1v) is 9.14. The molecule has 0 saturated heterocycles. The van der Waals surface area contributed by atoms with E-state index in [0.29, 0.717) is 6.42 Å². The number of aromatic nitrogens is 2. The number of nitrogens with zero attached hydrogens (tertiary/aromatic N) is 2. The number of benzene rings is 1. The van der Waals surface area contributed by atoms with E-state index in [-0.39, 0.29) is 17.4 Å². The number of nitrogens with one attached hydrogen (secondary N) is 1. The fourth-order valence-corrected chi connectivity index (χ4v) is 2.57. The van der Waals surface area contributed by atoms with Gasteiger partial charge in [0.15, 0.2) is 12.4 Å². The van der Waals surface area contributed by atoms with Crippen molar-refractivity contribution in [2.24, 2.45) is 5.92 Å². The molecule has 0 spiro atoms. The molecule has 0 aliphatic heterocycles. The minimum absolute atomic E-state index is 0.0596. The summed E-state index contributed by atoms with van der Waals surface area (Å²) in [6, 6.07) is 8.34. The maximum Gasteiger partial charge on any atom is 0.363 e. The smallest absolute Gasteiger partial charge is 0.363 e. The summed E-state index contributed by atoms with van der Waals surface area (Å²) in [7, 11) is 2.65. The third-order valence-corrected chi connectivity index (χ3v) is 4.43. The zero-order chi connectivity index (χ0) is 21.4. The Balaban J connectivity index is 2.04. The zero-order valence-corrected chi connectivity index (χ0v) is 16.9. The van der Waals surface area contributed by atoms with Gasteiger partial charge in [-0.15, -0.1) is 0 Å². The highest BCUT2D eigenvalue weighted by molar-refractivity contribution is 5.92. The lowest BCUT2D eigenvalue weighted by atomic mass is 9.99. The third kappa shape index (κ3) is 5.56. The Bertz CT molecular complexity index is 849. The van der Waals surface area contributed by atoms with Crippen molar-refractivity contribution >= 4 is 17.8 Å². The van der Waals surface area contributed by atoms with Gasteiger partial charge in [0, 0.05) is 0 Å². The number of carbonyl (C=O) groups is 3. The molecule has 0 aliphatic carbocycles. The molecule has 9 heteroatoms. The van der Waals surface area contributed by atoms with Crippen LogP contribution in [0.15, 0.2) is 36.5 Å². The zero-order valence-electron chi connectivity index (χ0n) is 16.9. The van der Waals surface area contributed by atoms with E-state index in [1.807, 2.05) is 44.2 Å². The van der Waals surface area contributed by atoms with Gasteiger partial charge >= 0.3 is 11.9 Å². The van der Waals surface area contributed by atoms with Gasteiger partial charge in [0.1, 0.15) is 6.04 Å². The first-order chi connectivity index (χ1) is 13.9. The normalized spacial score (nSPS) is 12.6. The van der Waals surface area contributed by atoms with Crippen LogP contribution in [0.2, 0.25) is 0 Å². The molecular formula is C20H25N3O6. The number of para-hydroxylation sites is 1. The quantitative estimate of drug-likeness (QED) is 0.635. The summed E-state index contributed by atoms with van der Waals surface area (Å²) in [5.74, 6) is -1.90. The largest absolute Gasteiger partial charge is 0.493 e. The number of rotatable bonds is 9. The van der Waals surface area contributed by atoms with Gasteiger partial charge in [0.25, 0.3) is 5.91 Å². The van der Waals surface area contributed by atoms with E-state index in [1.165, 1.54) is 18.9 Å². The van der Waals surface area contributed by atoms with Crippen molar-refractivity contribution < 1.29 is 28.6 Å². The Morgan fingerprint density at radius 3 is 2.45 bits per heavy atom. The SMILES string of the molecule is CC[C@H](C)[C@@H](NC(=O)COC(=O)c1nn(-c2ccccc2)cc1OC)C(=O)OC. The Morgan fingerprint density at radius 1 is 1.17 bits per heavy atom. The van der Waals surface area contributed by atoms with E-state index in [9.17, 15) is 14.4 Å². The molecule has 1 amide bonds. The van der Waals surface area contributed by atoms with E-state index in [4.69, 9.17) is 14.2 Å². The summed E-state index contributed by atoms with van der Waals surface area (Å²) < 4.78 is 16.4. The molecular weight excluding hydrogens is 378 g/mol. The van der Waals surface area contributed by atoms with Crippen molar-refractivity contribution in [2.45, 2.75) is 26.3 Å². The molecule has 1 aromatic carbocycles. The van der Waals surface area contributed by atoms with Crippen LogP contribution in [0, 0.1) is 5.92 Å². The van der Waals surface area contributed by atoms with E-state index in [0.717, 1.165) is 5.69 Å². The predicted molar refractivity (Wildman–Crippen MR) is 104 cm³/mol. The van der Waals surface area contributed by atoms with E-state index in [2.05, 4.69) is 10.4 Å². The second-order valence-electron chi connectivity index (χ2n) is 6.36. The lowest BCUT2D eigenvalue weighted by Gasteiger charge is -2.21. The molecule has 0 radical (unpaired) electrons. The number of amides is 1. The molecule has 9 nitrogen and oxygen atoms in total. The molecule has 0 aliphatic rings.